The summed E-state index contributed by atoms with van der Waals surface area (Å²) in [6, 6.07) is 10.8. The number of quaternary nitrogens is 1. The minimum atomic E-state index is 0. The summed E-state index contributed by atoms with van der Waals surface area (Å²) >= 11 is 0. The van der Waals surface area contributed by atoms with E-state index in [2.05, 4.69) is 51.1 Å². The summed E-state index contributed by atoms with van der Waals surface area (Å²) in [5, 5.41) is 0. The van der Waals surface area contributed by atoms with Gasteiger partial charge < -0.3 is 4.48 Å². The van der Waals surface area contributed by atoms with E-state index in [9.17, 15) is 0 Å². The molecule has 0 aliphatic rings. The molecule has 1 nitrogen and oxygen atoms in total. The van der Waals surface area contributed by atoms with Crippen molar-refractivity contribution < 1.29 is 37.2 Å². The van der Waals surface area contributed by atoms with Crippen LogP contribution >= 0.6 is 0 Å². The summed E-state index contributed by atoms with van der Waals surface area (Å²) in [5.74, 6) is 0. The summed E-state index contributed by atoms with van der Waals surface area (Å²) in [4.78, 5) is 0. The second-order valence-corrected chi connectivity index (χ2v) is 3.93. The molecule has 0 heterocycles. The van der Waals surface area contributed by atoms with Gasteiger partial charge in [0, 0.05) is 38.3 Å². The van der Waals surface area contributed by atoms with Crippen LogP contribution in [0.5, 0.6) is 0 Å². The molecule has 81 valence electrons. The number of hydrogen-bond donors (Lipinski definition) is 0. The van der Waals surface area contributed by atoms with Gasteiger partial charge in [-0.1, -0.05) is 30.3 Å². The molecule has 0 atom stereocenters. The second-order valence-electron chi connectivity index (χ2n) is 3.93. The van der Waals surface area contributed by atoms with Crippen LogP contribution in [-0.4, -0.2) is 24.1 Å². The first kappa shape index (κ1) is 15.3. The van der Waals surface area contributed by atoms with E-state index in [0.717, 1.165) is 0 Å². The minimum absolute atomic E-state index is 0. The van der Waals surface area contributed by atoms with Gasteiger partial charge in [0.1, 0.15) is 6.54 Å². The van der Waals surface area contributed by atoms with Crippen molar-refractivity contribution in [2.75, 3.05) is 19.6 Å². The maximum atomic E-state index is 2.29. The van der Waals surface area contributed by atoms with Crippen molar-refractivity contribution >= 4 is 0 Å². The smallest absolute Gasteiger partial charge is 0.104 e. The van der Waals surface area contributed by atoms with Crippen LogP contribution in [0.15, 0.2) is 30.3 Å². The molecule has 15 heavy (non-hydrogen) atoms. The molecule has 0 saturated carbocycles. The summed E-state index contributed by atoms with van der Waals surface area (Å²) < 4.78 is 1.20. The zero-order valence-electron chi connectivity index (χ0n) is 10.2. The Labute approximate surface area is 119 Å². The largest absolute Gasteiger partial charge is 0.321 e. The first-order chi connectivity index (χ1) is 6.76. The van der Waals surface area contributed by atoms with E-state index in [1.807, 2.05) is 0 Å². The van der Waals surface area contributed by atoms with Crippen molar-refractivity contribution in [1.29, 1.82) is 0 Å². The Kier molecular flexibility index (Phi) is 7.68. The van der Waals surface area contributed by atoms with Crippen molar-refractivity contribution in [3.8, 4) is 0 Å². The van der Waals surface area contributed by atoms with Gasteiger partial charge in [-0.25, -0.2) is 0 Å². The molecule has 0 aromatic heterocycles. The van der Waals surface area contributed by atoms with Crippen LogP contribution in [0.25, 0.3) is 0 Å². The van der Waals surface area contributed by atoms with Crippen molar-refractivity contribution in [2.24, 2.45) is 0 Å². The van der Waals surface area contributed by atoms with Crippen LogP contribution < -0.4 is 0 Å². The SMILES string of the molecule is CC[N+](CC)(CC)Cc1ccccc1.[Y]. The van der Waals surface area contributed by atoms with Crippen LogP contribution in [0, 0.1) is 0 Å². The maximum absolute atomic E-state index is 2.29. The summed E-state index contributed by atoms with van der Waals surface area (Å²) in [6.45, 7) is 11.7. The topological polar surface area (TPSA) is 0 Å². The van der Waals surface area contributed by atoms with Crippen LogP contribution in [0.3, 0.4) is 0 Å². The van der Waals surface area contributed by atoms with Crippen LogP contribution in [0.2, 0.25) is 0 Å². The van der Waals surface area contributed by atoms with E-state index in [1.165, 1.54) is 36.2 Å². The Morgan fingerprint density at radius 2 is 1.33 bits per heavy atom. The Hall–Kier alpha value is 0.284. The van der Waals surface area contributed by atoms with Gasteiger partial charge in [0.05, 0.1) is 19.6 Å². The molecular formula is C13H22NY+. The molecule has 1 rings (SSSR count). The van der Waals surface area contributed by atoms with Gasteiger partial charge in [0.15, 0.2) is 0 Å². The van der Waals surface area contributed by atoms with Crippen LogP contribution in [0.4, 0.5) is 0 Å². The molecule has 0 aliphatic carbocycles. The maximum Gasteiger partial charge on any atom is 0.104 e. The molecule has 0 spiro atoms. The molecule has 2 heteroatoms. The number of benzene rings is 1. The average molecular weight is 281 g/mol. The van der Waals surface area contributed by atoms with E-state index in [0.29, 0.717) is 0 Å². The first-order valence-corrected chi connectivity index (χ1v) is 5.65. The Morgan fingerprint density at radius 1 is 0.867 bits per heavy atom. The van der Waals surface area contributed by atoms with E-state index < -0.39 is 0 Å². The molecule has 0 bridgehead atoms. The molecule has 1 aromatic carbocycles. The fraction of sp³-hybridized carbons (Fsp3) is 0.538. The second kappa shape index (κ2) is 7.54. The molecule has 0 aliphatic heterocycles. The fourth-order valence-electron chi connectivity index (χ4n) is 1.98. The molecule has 0 amide bonds. The zero-order valence-corrected chi connectivity index (χ0v) is 13.1. The summed E-state index contributed by atoms with van der Waals surface area (Å²) in [5.41, 5.74) is 1.46. The fourth-order valence-corrected chi connectivity index (χ4v) is 1.98. The number of hydrogen-bond acceptors (Lipinski definition) is 0. The molecule has 0 unspecified atom stereocenters. The van der Waals surface area contributed by atoms with Gasteiger partial charge in [-0.3, -0.25) is 0 Å². The standard InChI is InChI=1S/C13H22N.Y/c1-4-14(5-2,6-3)12-13-10-8-7-9-11-13;/h7-11H,4-6,12H2,1-3H3;/q+1;. The third-order valence-electron chi connectivity index (χ3n) is 3.37. The van der Waals surface area contributed by atoms with E-state index in [1.54, 1.807) is 0 Å². The summed E-state index contributed by atoms with van der Waals surface area (Å²) in [6.07, 6.45) is 0. The van der Waals surface area contributed by atoms with E-state index >= 15 is 0 Å². The van der Waals surface area contributed by atoms with Crippen LogP contribution in [-0.2, 0) is 39.3 Å². The molecule has 1 aromatic rings. The Morgan fingerprint density at radius 3 is 1.73 bits per heavy atom. The molecular weight excluding hydrogens is 259 g/mol. The van der Waals surface area contributed by atoms with E-state index in [-0.39, 0.29) is 32.7 Å². The molecule has 0 saturated heterocycles. The molecule has 1 radical (unpaired) electrons. The molecule has 0 N–H and O–H groups in total. The normalized spacial score (nSPS) is 10.9. The van der Waals surface area contributed by atoms with Crippen molar-refractivity contribution in [1.82, 2.24) is 0 Å². The predicted molar refractivity (Wildman–Crippen MR) is 62.0 cm³/mol. The first-order valence-electron chi connectivity index (χ1n) is 5.65. The van der Waals surface area contributed by atoms with Gasteiger partial charge in [-0.15, -0.1) is 0 Å². The van der Waals surface area contributed by atoms with Crippen molar-refractivity contribution in [2.45, 2.75) is 27.3 Å². The number of rotatable bonds is 5. The third-order valence-corrected chi connectivity index (χ3v) is 3.37. The quantitative estimate of drug-likeness (QED) is 0.728. The van der Waals surface area contributed by atoms with Gasteiger partial charge in [-0.05, 0) is 20.8 Å². The minimum Gasteiger partial charge on any atom is -0.321 e. The number of nitrogens with zero attached hydrogens (tertiary/aromatic N) is 1. The zero-order chi connectivity index (χ0) is 10.4. The molecule has 0 fully saturated rings. The van der Waals surface area contributed by atoms with Gasteiger partial charge >= 0.3 is 0 Å². The van der Waals surface area contributed by atoms with Gasteiger partial charge in [-0.2, -0.15) is 0 Å². The summed E-state index contributed by atoms with van der Waals surface area (Å²) in [7, 11) is 0. The monoisotopic (exact) mass is 281 g/mol. The van der Waals surface area contributed by atoms with Crippen LogP contribution in [0.1, 0.15) is 26.3 Å². The third kappa shape index (κ3) is 4.34. The van der Waals surface area contributed by atoms with Crippen molar-refractivity contribution in [3.05, 3.63) is 35.9 Å². The van der Waals surface area contributed by atoms with Crippen molar-refractivity contribution in [3.63, 3.8) is 0 Å². The predicted octanol–water partition coefficient (Wildman–Crippen LogP) is 3.06. The average Bonchev–Trinajstić information content (AvgIpc) is 2.28. The Bertz CT molecular complexity index is 246. The Balaban J connectivity index is 0.00000196. The van der Waals surface area contributed by atoms with Gasteiger partial charge in [0.25, 0.3) is 0 Å². The van der Waals surface area contributed by atoms with E-state index in [4.69, 9.17) is 0 Å². The van der Waals surface area contributed by atoms with Gasteiger partial charge in [0.2, 0.25) is 0 Å².